The van der Waals surface area contributed by atoms with Crippen molar-refractivity contribution in [3.8, 4) is 11.5 Å². The maximum Gasteiger partial charge on any atom is 0.348 e. The van der Waals surface area contributed by atoms with E-state index in [0.29, 0.717) is 5.75 Å². The zero-order valence-electron chi connectivity index (χ0n) is 17.1. The van der Waals surface area contributed by atoms with Crippen molar-refractivity contribution in [3.05, 3.63) is 93.0 Å². The van der Waals surface area contributed by atoms with Crippen LogP contribution >= 0.6 is 11.6 Å². The molecule has 170 valence electrons. The molecule has 0 aliphatic carbocycles. The van der Waals surface area contributed by atoms with E-state index in [1.54, 1.807) is 6.92 Å². The van der Waals surface area contributed by atoms with Gasteiger partial charge in [0.15, 0.2) is 0 Å². The number of benzene rings is 3. The SMILES string of the molecule is CCOC(=NC(=O)Nc1ccc(Oc2ccc([N+](=O)[O-])cc2)c(Cl)c1)c1c(F)cccc1F. The molecule has 0 aliphatic heterocycles. The van der Waals surface area contributed by atoms with Crippen LogP contribution in [0.5, 0.6) is 11.5 Å². The number of urea groups is 1. The fourth-order valence-electron chi connectivity index (χ4n) is 2.67. The third-order valence-electron chi connectivity index (χ3n) is 4.12. The average molecular weight is 476 g/mol. The highest BCUT2D eigenvalue weighted by Gasteiger charge is 2.18. The molecule has 11 heteroatoms. The lowest BCUT2D eigenvalue weighted by Crippen LogP contribution is -2.16. The number of hydrogen-bond acceptors (Lipinski definition) is 5. The molecule has 0 saturated heterocycles. The second-order valence-corrected chi connectivity index (χ2v) is 6.78. The number of aliphatic imine (C=N–C) groups is 1. The van der Waals surface area contributed by atoms with Crippen LogP contribution in [0.4, 0.5) is 25.0 Å². The molecule has 3 aromatic carbocycles. The summed E-state index contributed by atoms with van der Waals surface area (Å²) in [6.45, 7) is 1.61. The van der Waals surface area contributed by atoms with Crippen molar-refractivity contribution in [2.75, 3.05) is 11.9 Å². The number of carbonyl (C=O) groups is 1. The number of amides is 2. The maximum absolute atomic E-state index is 14.0. The third-order valence-corrected chi connectivity index (χ3v) is 4.41. The highest BCUT2D eigenvalue weighted by molar-refractivity contribution is 6.32. The lowest BCUT2D eigenvalue weighted by Gasteiger charge is -2.11. The summed E-state index contributed by atoms with van der Waals surface area (Å²) in [7, 11) is 0. The van der Waals surface area contributed by atoms with Crippen LogP contribution < -0.4 is 10.1 Å². The fourth-order valence-corrected chi connectivity index (χ4v) is 2.89. The smallest absolute Gasteiger partial charge is 0.348 e. The van der Waals surface area contributed by atoms with Crippen molar-refractivity contribution in [2.45, 2.75) is 6.92 Å². The van der Waals surface area contributed by atoms with Crippen LogP contribution in [0.1, 0.15) is 12.5 Å². The first-order chi connectivity index (χ1) is 15.8. The second-order valence-electron chi connectivity index (χ2n) is 6.38. The van der Waals surface area contributed by atoms with Crippen molar-refractivity contribution < 1.29 is 28.0 Å². The summed E-state index contributed by atoms with van der Waals surface area (Å²) in [6.07, 6.45) is 0. The lowest BCUT2D eigenvalue weighted by atomic mass is 10.2. The Bertz CT molecular complexity index is 1200. The van der Waals surface area contributed by atoms with E-state index >= 15 is 0 Å². The topological polar surface area (TPSA) is 103 Å². The summed E-state index contributed by atoms with van der Waals surface area (Å²) < 4.78 is 38.8. The van der Waals surface area contributed by atoms with Crippen molar-refractivity contribution >= 4 is 34.9 Å². The first-order valence-corrected chi connectivity index (χ1v) is 9.85. The largest absolute Gasteiger partial charge is 0.477 e. The van der Waals surface area contributed by atoms with E-state index in [4.69, 9.17) is 21.1 Å². The fraction of sp³-hybridized carbons (Fsp3) is 0.0909. The number of non-ortho nitro benzene ring substituents is 1. The van der Waals surface area contributed by atoms with E-state index < -0.39 is 34.1 Å². The number of nitrogens with one attached hydrogen (secondary N) is 1. The Balaban J connectivity index is 1.75. The van der Waals surface area contributed by atoms with Crippen molar-refractivity contribution in [1.82, 2.24) is 0 Å². The predicted octanol–water partition coefficient (Wildman–Crippen LogP) is 6.33. The minimum absolute atomic E-state index is 0.0282. The van der Waals surface area contributed by atoms with Gasteiger partial charge < -0.3 is 14.8 Å². The van der Waals surface area contributed by atoms with Gasteiger partial charge in [-0.05, 0) is 49.4 Å². The minimum Gasteiger partial charge on any atom is -0.477 e. The maximum atomic E-state index is 14.0. The van der Waals surface area contributed by atoms with Crippen LogP contribution in [0.15, 0.2) is 65.7 Å². The molecule has 3 aromatic rings. The monoisotopic (exact) mass is 475 g/mol. The van der Waals surface area contributed by atoms with Gasteiger partial charge in [-0.2, -0.15) is 4.99 Å². The van der Waals surface area contributed by atoms with Crippen LogP contribution in [0.3, 0.4) is 0 Å². The van der Waals surface area contributed by atoms with Crippen LogP contribution in [0, 0.1) is 21.7 Å². The number of halogens is 3. The van der Waals surface area contributed by atoms with Crippen LogP contribution in [-0.4, -0.2) is 23.5 Å². The van der Waals surface area contributed by atoms with Gasteiger partial charge in [0, 0.05) is 17.8 Å². The summed E-state index contributed by atoms with van der Waals surface area (Å²) in [5.74, 6) is -1.81. The molecule has 0 fully saturated rings. The van der Waals surface area contributed by atoms with Gasteiger partial charge in [-0.1, -0.05) is 17.7 Å². The van der Waals surface area contributed by atoms with Crippen LogP contribution in [-0.2, 0) is 4.74 Å². The van der Waals surface area contributed by atoms with E-state index in [1.165, 1.54) is 48.5 Å². The van der Waals surface area contributed by atoms with E-state index in [1.807, 2.05) is 0 Å². The van der Waals surface area contributed by atoms with Gasteiger partial charge in [0.25, 0.3) is 5.69 Å². The number of hydrogen-bond donors (Lipinski definition) is 1. The molecule has 0 aliphatic rings. The third kappa shape index (κ3) is 6.01. The number of nitrogens with zero attached hydrogens (tertiary/aromatic N) is 2. The normalized spacial score (nSPS) is 11.1. The molecule has 0 spiro atoms. The summed E-state index contributed by atoms with van der Waals surface area (Å²) >= 11 is 6.19. The van der Waals surface area contributed by atoms with Gasteiger partial charge in [0.1, 0.15) is 28.7 Å². The number of ether oxygens (including phenoxy) is 2. The molecule has 1 N–H and O–H groups in total. The molecule has 0 heterocycles. The standard InChI is InChI=1S/C22H16ClF2N3O5/c1-2-32-21(20-17(24)4-3-5-18(20)25)27-22(29)26-13-6-11-19(16(23)12-13)33-15-9-7-14(8-10-15)28(30)31/h3-12H,2H2,1H3,(H,26,29). The molecule has 0 bridgehead atoms. The zero-order chi connectivity index (χ0) is 24.0. The van der Waals surface area contributed by atoms with Gasteiger partial charge in [0.05, 0.1) is 16.6 Å². The molecule has 0 atom stereocenters. The Labute approximate surface area is 191 Å². The number of nitro benzene ring substituents is 1. The summed E-state index contributed by atoms with van der Waals surface area (Å²) in [6, 6.07) is 12.0. The average Bonchev–Trinajstić information content (AvgIpc) is 2.76. The molecule has 0 aromatic heterocycles. The van der Waals surface area contributed by atoms with Crippen molar-refractivity contribution in [1.29, 1.82) is 0 Å². The Kier molecular flexibility index (Phi) is 7.52. The quantitative estimate of drug-likeness (QED) is 0.194. The Morgan fingerprint density at radius 1 is 1.12 bits per heavy atom. The van der Waals surface area contributed by atoms with E-state index in [2.05, 4.69) is 10.3 Å². The van der Waals surface area contributed by atoms with Crippen LogP contribution in [0.2, 0.25) is 5.02 Å². The molecule has 8 nitrogen and oxygen atoms in total. The lowest BCUT2D eigenvalue weighted by molar-refractivity contribution is -0.384. The first kappa shape index (κ1) is 23.6. The van der Waals surface area contributed by atoms with Gasteiger partial charge in [-0.15, -0.1) is 0 Å². The number of nitro groups is 1. The minimum atomic E-state index is -0.943. The molecule has 33 heavy (non-hydrogen) atoms. The summed E-state index contributed by atoms with van der Waals surface area (Å²) in [5.41, 5.74) is -0.414. The first-order valence-electron chi connectivity index (χ1n) is 9.47. The Hall–Kier alpha value is -4.05. The number of carbonyl (C=O) groups excluding carboxylic acids is 1. The van der Waals surface area contributed by atoms with E-state index in [-0.39, 0.29) is 28.8 Å². The van der Waals surface area contributed by atoms with Crippen LogP contribution in [0.25, 0.3) is 0 Å². The highest BCUT2D eigenvalue weighted by Crippen LogP contribution is 2.32. The molecular weight excluding hydrogens is 460 g/mol. The van der Waals surface area contributed by atoms with Gasteiger partial charge in [0.2, 0.25) is 5.90 Å². The van der Waals surface area contributed by atoms with E-state index in [0.717, 1.165) is 12.1 Å². The highest BCUT2D eigenvalue weighted by atomic mass is 35.5. The second kappa shape index (κ2) is 10.5. The van der Waals surface area contributed by atoms with Gasteiger partial charge >= 0.3 is 6.03 Å². The molecule has 2 amide bonds. The molecular formula is C22H16ClF2N3O5. The predicted molar refractivity (Wildman–Crippen MR) is 118 cm³/mol. The Morgan fingerprint density at radius 2 is 1.79 bits per heavy atom. The molecule has 3 rings (SSSR count). The molecule has 0 saturated carbocycles. The van der Waals surface area contributed by atoms with Crippen molar-refractivity contribution in [3.63, 3.8) is 0 Å². The Morgan fingerprint density at radius 3 is 2.36 bits per heavy atom. The summed E-state index contributed by atoms with van der Waals surface area (Å²) in [5, 5.41) is 13.3. The zero-order valence-corrected chi connectivity index (χ0v) is 17.8. The van der Waals surface area contributed by atoms with E-state index in [9.17, 15) is 23.7 Å². The summed E-state index contributed by atoms with van der Waals surface area (Å²) in [4.78, 5) is 26.1. The van der Waals surface area contributed by atoms with Gasteiger partial charge in [-0.3, -0.25) is 10.1 Å². The van der Waals surface area contributed by atoms with Crippen molar-refractivity contribution in [2.24, 2.45) is 4.99 Å². The number of rotatable bonds is 6. The van der Waals surface area contributed by atoms with Gasteiger partial charge in [-0.25, -0.2) is 13.6 Å². The number of anilines is 1. The molecule has 0 radical (unpaired) electrons. The molecule has 0 unspecified atom stereocenters.